The topological polar surface area (TPSA) is 34.1 Å². The van der Waals surface area contributed by atoms with Crippen LogP contribution in [0.2, 0.25) is 0 Å². The average molecular weight is 304 g/mol. The molecule has 1 aliphatic rings. The standard InChI is InChI=1S/C21H20O2/c22-20(17-12-6-2-7-13-17)19(16-10-4-1-5-11-16)21(23)18-14-8-3-9-15-18/h2-4,6-10,12-16,19H,1,5,11H2. The third-order valence-electron chi connectivity index (χ3n) is 4.40. The molecule has 0 saturated carbocycles. The van der Waals surface area contributed by atoms with Crippen LogP contribution < -0.4 is 0 Å². The van der Waals surface area contributed by atoms with Crippen molar-refractivity contribution in [3.05, 3.63) is 83.9 Å². The molecule has 0 spiro atoms. The molecule has 0 aliphatic heterocycles. The highest BCUT2D eigenvalue weighted by Gasteiger charge is 2.34. The largest absolute Gasteiger partial charge is 0.293 e. The molecule has 1 unspecified atom stereocenters. The van der Waals surface area contributed by atoms with E-state index in [0.717, 1.165) is 19.3 Å². The quantitative estimate of drug-likeness (QED) is 0.455. The Morgan fingerprint density at radius 3 is 1.78 bits per heavy atom. The number of benzene rings is 2. The summed E-state index contributed by atoms with van der Waals surface area (Å²) in [5.74, 6) is -0.785. The molecule has 23 heavy (non-hydrogen) atoms. The van der Waals surface area contributed by atoms with Crippen molar-refractivity contribution in [3.63, 3.8) is 0 Å². The lowest BCUT2D eigenvalue weighted by Gasteiger charge is -2.25. The van der Waals surface area contributed by atoms with Gasteiger partial charge in [0.1, 0.15) is 0 Å². The second-order valence-electron chi connectivity index (χ2n) is 5.96. The van der Waals surface area contributed by atoms with Crippen molar-refractivity contribution in [2.24, 2.45) is 11.8 Å². The molecule has 2 nitrogen and oxygen atoms in total. The van der Waals surface area contributed by atoms with E-state index in [0.29, 0.717) is 11.1 Å². The molecule has 0 fully saturated rings. The first kappa shape index (κ1) is 15.4. The minimum absolute atomic E-state index is 0.0100. The lowest BCUT2D eigenvalue weighted by atomic mass is 9.76. The summed E-state index contributed by atoms with van der Waals surface area (Å²) >= 11 is 0. The Morgan fingerprint density at radius 1 is 0.826 bits per heavy atom. The smallest absolute Gasteiger partial charge is 0.174 e. The third-order valence-corrected chi connectivity index (χ3v) is 4.40. The maximum atomic E-state index is 13.0. The number of Topliss-reactive ketones (excluding diaryl/α,β-unsaturated/α-hetero) is 2. The van der Waals surface area contributed by atoms with Gasteiger partial charge in [-0.2, -0.15) is 0 Å². The van der Waals surface area contributed by atoms with Crippen LogP contribution in [0, 0.1) is 11.8 Å². The summed E-state index contributed by atoms with van der Waals surface area (Å²) in [6, 6.07) is 18.3. The van der Waals surface area contributed by atoms with Crippen LogP contribution in [0.15, 0.2) is 72.8 Å². The van der Waals surface area contributed by atoms with E-state index >= 15 is 0 Å². The van der Waals surface area contributed by atoms with E-state index < -0.39 is 5.92 Å². The van der Waals surface area contributed by atoms with Gasteiger partial charge in [0.25, 0.3) is 0 Å². The molecule has 2 aromatic rings. The van der Waals surface area contributed by atoms with Gasteiger partial charge in [-0.05, 0) is 25.2 Å². The lowest BCUT2D eigenvalue weighted by molar-refractivity contribution is 0.0764. The van der Waals surface area contributed by atoms with Crippen LogP contribution in [-0.4, -0.2) is 11.6 Å². The molecule has 0 bridgehead atoms. The Hall–Kier alpha value is -2.48. The van der Waals surface area contributed by atoms with Gasteiger partial charge in [0, 0.05) is 11.1 Å². The van der Waals surface area contributed by atoms with Crippen LogP contribution in [0.3, 0.4) is 0 Å². The Morgan fingerprint density at radius 2 is 1.35 bits per heavy atom. The normalized spacial score (nSPS) is 17.2. The van der Waals surface area contributed by atoms with E-state index in [4.69, 9.17) is 0 Å². The predicted octanol–water partition coefficient (Wildman–Crippen LogP) is 4.72. The van der Waals surface area contributed by atoms with Crippen molar-refractivity contribution in [2.45, 2.75) is 19.3 Å². The molecule has 0 heterocycles. The molecule has 116 valence electrons. The average Bonchev–Trinajstić information content (AvgIpc) is 2.64. The van der Waals surface area contributed by atoms with Gasteiger partial charge in [0.2, 0.25) is 0 Å². The number of rotatable bonds is 5. The Balaban J connectivity index is 1.97. The molecular weight excluding hydrogens is 284 g/mol. The van der Waals surface area contributed by atoms with E-state index in [-0.39, 0.29) is 17.5 Å². The number of hydrogen-bond acceptors (Lipinski definition) is 2. The zero-order valence-electron chi connectivity index (χ0n) is 13.0. The van der Waals surface area contributed by atoms with E-state index in [1.165, 1.54) is 0 Å². The van der Waals surface area contributed by atoms with Crippen LogP contribution in [0.25, 0.3) is 0 Å². The van der Waals surface area contributed by atoms with Gasteiger partial charge in [-0.3, -0.25) is 9.59 Å². The minimum Gasteiger partial charge on any atom is -0.293 e. The van der Waals surface area contributed by atoms with E-state index in [9.17, 15) is 9.59 Å². The van der Waals surface area contributed by atoms with Crippen molar-refractivity contribution >= 4 is 11.6 Å². The van der Waals surface area contributed by atoms with Gasteiger partial charge >= 0.3 is 0 Å². The van der Waals surface area contributed by atoms with Crippen LogP contribution >= 0.6 is 0 Å². The van der Waals surface area contributed by atoms with Gasteiger partial charge < -0.3 is 0 Å². The fourth-order valence-electron chi connectivity index (χ4n) is 3.19. The summed E-state index contributed by atoms with van der Waals surface area (Å²) in [4.78, 5) is 26.0. The summed E-state index contributed by atoms with van der Waals surface area (Å²) in [7, 11) is 0. The molecule has 0 saturated heterocycles. The van der Waals surface area contributed by atoms with E-state index in [1.54, 1.807) is 24.3 Å². The fraction of sp³-hybridized carbons (Fsp3) is 0.238. The molecule has 0 amide bonds. The number of carbonyl (C=O) groups is 2. The van der Waals surface area contributed by atoms with Gasteiger partial charge in [0.05, 0.1) is 5.92 Å². The number of carbonyl (C=O) groups excluding carboxylic acids is 2. The Bertz CT molecular complexity index is 650. The van der Waals surface area contributed by atoms with Crippen LogP contribution in [0.5, 0.6) is 0 Å². The summed E-state index contributed by atoms with van der Waals surface area (Å²) in [6.45, 7) is 0. The number of hydrogen-bond donors (Lipinski definition) is 0. The second kappa shape index (κ2) is 7.19. The van der Waals surface area contributed by atoms with Gasteiger partial charge in [-0.25, -0.2) is 0 Å². The molecule has 3 rings (SSSR count). The summed E-state index contributed by atoms with van der Waals surface area (Å²) < 4.78 is 0. The zero-order valence-corrected chi connectivity index (χ0v) is 13.0. The molecule has 2 heteroatoms. The third kappa shape index (κ3) is 3.48. The highest BCUT2D eigenvalue weighted by Crippen LogP contribution is 2.30. The highest BCUT2D eigenvalue weighted by molar-refractivity contribution is 6.16. The minimum atomic E-state index is -0.628. The first-order valence-corrected chi connectivity index (χ1v) is 8.12. The molecule has 0 N–H and O–H groups in total. The van der Waals surface area contributed by atoms with Crippen LogP contribution in [0.1, 0.15) is 40.0 Å². The molecule has 0 aromatic heterocycles. The maximum absolute atomic E-state index is 13.0. The van der Waals surface area contributed by atoms with Crippen molar-refractivity contribution in [2.75, 3.05) is 0 Å². The Kier molecular flexibility index (Phi) is 4.82. The van der Waals surface area contributed by atoms with Gasteiger partial charge in [-0.1, -0.05) is 72.8 Å². The van der Waals surface area contributed by atoms with Crippen LogP contribution in [0.4, 0.5) is 0 Å². The fourth-order valence-corrected chi connectivity index (χ4v) is 3.19. The Labute approximate surface area is 136 Å². The van der Waals surface area contributed by atoms with Gasteiger partial charge in [0.15, 0.2) is 11.6 Å². The van der Waals surface area contributed by atoms with Crippen molar-refractivity contribution in [3.8, 4) is 0 Å². The molecular formula is C21H20O2. The summed E-state index contributed by atoms with van der Waals surface area (Å²) in [5.41, 5.74) is 1.22. The maximum Gasteiger partial charge on any atom is 0.174 e. The van der Waals surface area contributed by atoms with Gasteiger partial charge in [-0.15, -0.1) is 0 Å². The van der Waals surface area contributed by atoms with Crippen molar-refractivity contribution in [1.82, 2.24) is 0 Å². The predicted molar refractivity (Wildman–Crippen MR) is 91.5 cm³/mol. The van der Waals surface area contributed by atoms with Crippen LogP contribution in [-0.2, 0) is 0 Å². The number of ketones is 2. The SMILES string of the molecule is O=C(c1ccccc1)C(C(=O)c1ccccc1)C1C=CCCC1. The molecule has 2 aromatic carbocycles. The van der Waals surface area contributed by atoms with E-state index in [2.05, 4.69) is 12.2 Å². The second-order valence-corrected chi connectivity index (χ2v) is 5.96. The summed E-state index contributed by atoms with van der Waals surface area (Å²) in [6.07, 6.45) is 7.09. The van der Waals surface area contributed by atoms with Crippen molar-refractivity contribution < 1.29 is 9.59 Å². The number of allylic oxidation sites excluding steroid dienone is 2. The highest BCUT2D eigenvalue weighted by atomic mass is 16.2. The first-order chi connectivity index (χ1) is 11.3. The lowest BCUT2D eigenvalue weighted by Crippen LogP contribution is -2.31. The summed E-state index contributed by atoms with van der Waals surface area (Å²) in [5, 5.41) is 0. The van der Waals surface area contributed by atoms with E-state index in [1.807, 2.05) is 36.4 Å². The van der Waals surface area contributed by atoms with Crippen molar-refractivity contribution in [1.29, 1.82) is 0 Å². The molecule has 1 aliphatic carbocycles. The molecule has 0 radical (unpaired) electrons. The monoisotopic (exact) mass is 304 g/mol. The molecule has 1 atom stereocenters. The first-order valence-electron chi connectivity index (χ1n) is 8.12. The zero-order chi connectivity index (χ0) is 16.1.